The lowest BCUT2D eigenvalue weighted by atomic mass is 10.2. The molecule has 0 amide bonds. The van der Waals surface area contributed by atoms with Crippen LogP contribution in [0.5, 0.6) is 0 Å². The highest BCUT2D eigenvalue weighted by molar-refractivity contribution is 6.30. The Morgan fingerprint density at radius 1 is 1.47 bits per heavy atom. The zero-order valence-electron chi connectivity index (χ0n) is 9.32. The van der Waals surface area contributed by atoms with Crippen LogP contribution in [0.2, 0.25) is 5.02 Å². The predicted octanol–water partition coefficient (Wildman–Crippen LogP) is 2.26. The highest BCUT2D eigenvalue weighted by Gasteiger charge is 2.09. The highest BCUT2D eigenvalue weighted by Crippen LogP contribution is 2.17. The van der Waals surface area contributed by atoms with Gasteiger partial charge in [0.2, 0.25) is 0 Å². The molecular weight excluding hydrogens is 243 g/mol. The fourth-order valence-electron chi connectivity index (χ4n) is 1.65. The zero-order valence-corrected chi connectivity index (χ0v) is 10.1. The molecule has 2 N–H and O–H groups in total. The van der Waals surface area contributed by atoms with Crippen molar-refractivity contribution in [2.45, 2.75) is 19.9 Å². The van der Waals surface area contributed by atoms with Crippen molar-refractivity contribution < 1.29 is 4.39 Å². The van der Waals surface area contributed by atoms with Gasteiger partial charge in [0.1, 0.15) is 5.82 Å². The van der Waals surface area contributed by atoms with Gasteiger partial charge in [-0.25, -0.2) is 9.07 Å². The van der Waals surface area contributed by atoms with Gasteiger partial charge in [0.25, 0.3) is 0 Å². The van der Waals surface area contributed by atoms with Gasteiger partial charge in [-0.15, -0.1) is 5.10 Å². The Bertz CT molecular complexity index is 538. The van der Waals surface area contributed by atoms with Gasteiger partial charge in [-0.2, -0.15) is 0 Å². The molecular formula is C11H12ClFN4. The van der Waals surface area contributed by atoms with E-state index in [1.54, 1.807) is 16.8 Å². The Morgan fingerprint density at radius 3 is 2.88 bits per heavy atom. The third kappa shape index (κ3) is 2.39. The zero-order chi connectivity index (χ0) is 12.4. The highest BCUT2D eigenvalue weighted by atomic mass is 35.5. The van der Waals surface area contributed by atoms with E-state index in [-0.39, 0.29) is 5.02 Å². The van der Waals surface area contributed by atoms with Crippen molar-refractivity contribution in [3.05, 3.63) is 40.3 Å². The number of nitrogens with zero attached hydrogens (tertiary/aromatic N) is 3. The van der Waals surface area contributed by atoms with E-state index in [0.29, 0.717) is 12.4 Å². The number of anilines is 1. The minimum absolute atomic E-state index is 0.105. The summed E-state index contributed by atoms with van der Waals surface area (Å²) in [5, 5.41) is 7.85. The molecule has 0 radical (unpaired) electrons. The van der Waals surface area contributed by atoms with Crippen LogP contribution in [0.1, 0.15) is 18.2 Å². The van der Waals surface area contributed by atoms with E-state index in [4.69, 9.17) is 17.3 Å². The summed E-state index contributed by atoms with van der Waals surface area (Å²) in [6.07, 6.45) is 0.744. The molecule has 1 aromatic heterocycles. The molecule has 0 aliphatic rings. The van der Waals surface area contributed by atoms with Gasteiger partial charge in [-0.1, -0.05) is 29.8 Å². The van der Waals surface area contributed by atoms with Crippen LogP contribution in [0, 0.1) is 5.82 Å². The van der Waals surface area contributed by atoms with Crippen molar-refractivity contribution in [2.75, 3.05) is 5.73 Å². The van der Waals surface area contributed by atoms with Crippen LogP contribution in [0.3, 0.4) is 0 Å². The third-order valence-corrected chi connectivity index (χ3v) is 2.81. The fraction of sp³-hybridized carbons (Fsp3) is 0.273. The average molecular weight is 255 g/mol. The first-order valence-corrected chi connectivity index (χ1v) is 5.61. The van der Waals surface area contributed by atoms with Gasteiger partial charge < -0.3 is 5.73 Å². The van der Waals surface area contributed by atoms with E-state index >= 15 is 0 Å². The molecule has 1 heterocycles. The van der Waals surface area contributed by atoms with Crippen molar-refractivity contribution in [3.8, 4) is 0 Å². The molecule has 1 aromatic carbocycles. The normalized spacial score (nSPS) is 10.8. The van der Waals surface area contributed by atoms with Crippen LogP contribution in [0.25, 0.3) is 0 Å². The minimum atomic E-state index is -0.427. The Balaban J connectivity index is 2.28. The number of halogens is 2. The number of benzene rings is 1. The van der Waals surface area contributed by atoms with Crippen LogP contribution in [-0.4, -0.2) is 15.0 Å². The first-order valence-electron chi connectivity index (χ1n) is 5.23. The van der Waals surface area contributed by atoms with Gasteiger partial charge in [-0.3, -0.25) is 0 Å². The van der Waals surface area contributed by atoms with Crippen LogP contribution in [0.15, 0.2) is 18.2 Å². The number of nitrogens with two attached hydrogens (primary N) is 1. The lowest BCUT2D eigenvalue weighted by Crippen LogP contribution is -2.06. The number of rotatable bonds is 3. The second kappa shape index (κ2) is 4.71. The summed E-state index contributed by atoms with van der Waals surface area (Å²) < 4.78 is 14.7. The molecule has 2 aromatic rings. The maximum absolute atomic E-state index is 13.0. The molecule has 0 aliphatic heterocycles. The summed E-state index contributed by atoms with van der Waals surface area (Å²) in [5.74, 6) is 0.00458. The average Bonchev–Trinajstić information content (AvgIpc) is 2.64. The lowest BCUT2D eigenvalue weighted by Gasteiger charge is -2.05. The third-order valence-electron chi connectivity index (χ3n) is 2.52. The summed E-state index contributed by atoms with van der Waals surface area (Å²) in [6, 6.07) is 4.58. The van der Waals surface area contributed by atoms with E-state index in [0.717, 1.165) is 17.7 Å². The Hall–Kier alpha value is -1.62. The molecule has 17 heavy (non-hydrogen) atoms. The summed E-state index contributed by atoms with van der Waals surface area (Å²) in [5.41, 5.74) is 7.40. The molecule has 0 spiro atoms. The number of hydrogen-bond donors (Lipinski definition) is 1. The van der Waals surface area contributed by atoms with E-state index < -0.39 is 5.82 Å². The first kappa shape index (κ1) is 11.9. The van der Waals surface area contributed by atoms with Crippen LogP contribution >= 0.6 is 11.6 Å². The molecule has 0 saturated heterocycles. The van der Waals surface area contributed by atoms with Crippen molar-refractivity contribution in [2.24, 2.45) is 0 Å². The Morgan fingerprint density at radius 2 is 2.24 bits per heavy atom. The lowest BCUT2D eigenvalue weighted by molar-refractivity contribution is 0.612. The summed E-state index contributed by atoms with van der Waals surface area (Å²) in [6.45, 7) is 2.45. The summed E-state index contributed by atoms with van der Waals surface area (Å²) in [4.78, 5) is 0. The maximum atomic E-state index is 13.0. The predicted molar refractivity (Wildman–Crippen MR) is 64.3 cm³/mol. The molecule has 0 unspecified atom stereocenters. The Kier molecular flexibility index (Phi) is 3.28. The molecule has 0 fully saturated rings. The second-order valence-corrected chi connectivity index (χ2v) is 4.09. The number of hydrogen-bond acceptors (Lipinski definition) is 3. The molecule has 4 nitrogen and oxygen atoms in total. The van der Waals surface area contributed by atoms with Gasteiger partial charge in [0, 0.05) is 0 Å². The number of nitrogen functional groups attached to an aromatic ring is 1. The molecule has 0 saturated carbocycles. The maximum Gasteiger partial charge on any atom is 0.169 e. The molecule has 0 aliphatic carbocycles. The van der Waals surface area contributed by atoms with Gasteiger partial charge in [0.15, 0.2) is 5.82 Å². The van der Waals surface area contributed by atoms with E-state index in [1.807, 2.05) is 6.92 Å². The van der Waals surface area contributed by atoms with Gasteiger partial charge in [-0.05, 0) is 24.1 Å². The topological polar surface area (TPSA) is 56.7 Å². The van der Waals surface area contributed by atoms with E-state index in [1.165, 1.54) is 6.07 Å². The molecule has 90 valence electrons. The quantitative estimate of drug-likeness (QED) is 0.914. The molecule has 2 rings (SSSR count). The molecule has 6 heteroatoms. The van der Waals surface area contributed by atoms with Crippen LogP contribution in [0.4, 0.5) is 10.2 Å². The SMILES string of the molecule is CCc1c(N)nnn1Cc1ccc(F)c(Cl)c1. The van der Waals surface area contributed by atoms with Gasteiger partial charge in [0.05, 0.1) is 17.3 Å². The van der Waals surface area contributed by atoms with Crippen molar-refractivity contribution in [1.29, 1.82) is 0 Å². The first-order chi connectivity index (χ1) is 8.11. The van der Waals surface area contributed by atoms with Crippen LogP contribution < -0.4 is 5.73 Å². The van der Waals surface area contributed by atoms with Crippen LogP contribution in [-0.2, 0) is 13.0 Å². The monoisotopic (exact) mass is 254 g/mol. The van der Waals surface area contributed by atoms with E-state index in [9.17, 15) is 4.39 Å². The summed E-state index contributed by atoms with van der Waals surface area (Å²) >= 11 is 5.71. The van der Waals surface area contributed by atoms with Crippen molar-refractivity contribution >= 4 is 17.4 Å². The van der Waals surface area contributed by atoms with Crippen molar-refractivity contribution in [1.82, 2.24) is 15.0 Å². The standard InChI is InChI=1S/C11H12ClFN4/c1-2-10-11(14)15-16-17(10)6-7-3-4-9(13)8(12)5-7/h3-5H,2,6,14H2,1H3. The van der Waals surface area contributed by atoms with Crippen molar-refractivity contribution in [3.63, 3.8) is 0 Å². The smallest absolute Gasteiger partial charge is 0.169 e. The van der Waals surface area contributed by atoms with E-state index in [2.05, 4.69) is 10.3 Å². The Labute approximate surface area is 103 Å². The van der Waals surface area contributed by atoms with Gasteiger partial charge >= 0.3 is 0 Å². The second-order valence-electron chi connectivity index (χ2n) is 3.68. The number of aromatic nitrogens is 3. The molecule has 0 atom stereocenters. The summed E-state index contributed by atoms with van der Waals surface area (Å²) in [7, 11) is 0. The largest absolute Gasteiger partial charge is 0.381 e. The molecule has 0 bridgehead atoms. The minimum Gasteiger partial charge on any atom is -0.381 e. The fourth-order valence-corrected chi connectivity index (χ4v) is 1.85.